The predicted octanol–water partition coefficient (Wildman–Crippen LogP) is 3.71. The highest BCUT2D eigenvalue weighted by Gasteiger charge is 2.16. The quantitative estimate of drug-likeness (QED) is 0.547. The summed E-state index contributed by atoms with van der Waals surface area (Å²) in [6, 6.07) is 17.6. The Morgan fingerprint density at radius 1 is 1.03 bits per heavy atom. The van der Waals surface area contributed by atoms with Crippen LogP contribution in [0.5, 0.6) is 0 Å². The maximum Gasteiger partial charge on any atom is 0.276 e. The lowest BCUT2D eigenvalue weighted by atomic mass is 10.0. The molecule has 0 radical (unpaired) electrons. The van der Waals surface area contributed by atoms with Crippen molar-refractivity contribution in [2.45, 2.75) is 0 Å². The molecule has 1 fully saturated rings. The molecule has 1 aliphatic rings. The predicted molar refractivity (Wildman–Crippen MR) is 117 cm³/mol. The van der Waals surface area contributed by atoms with E-state index in [1.807, 2.05) is 54.6 Å². The third-order valence-corrected chi connectivity index (χ3v) is 5.27. The number of H-pyrrole nitrogens is 1. The van der Waals surface area contributed by atoms with Gasteiger partial charge in [0.05, 0.1) is 18.7 Å². The molecule has 0 bridgehead atoms. The Bertz CT molecular complexity index is 1170. The van der Waals surface area contributed by atoms with Gasteiger partial charge in [0.15, 0.2) is 5.69 Å². The van der Waals surface area contributed by atoms with Gasteiger partial charge < -0.3 is 15.0 Å². The van der Waals surface area contributed by atoms with E-state index in [9.17, 15) is 4.79 Å². The highest BCUT2D eigenvalue weighted by molar-refractivity contribution is 6.11. The number of pyridine rings is 1. The van der Waals surface area contributed by atoms with Gasteiger partial charge in [-0.3, -0.25) is 14.9 Å². The number of ether oxygens (including phenoxy) is 1. The van der Waals surface area contributed by atoms with Crippen LogP contribution in [0.1, 0.15) is 10.5 Å². The third-order valence-electron chi connectivity index (χ3n) is 5.27. The number of morpholine rings is 1. The first-order valence-electron chi connectivity index (χ1n) is 9.90. The Hall–Kier alpha value is -3.71. The number of carbonyl (C=O) groups excluding carboxylic acids is 1. The normalized spacial score (nSPS) is 14.1. The fourth-order valence-electron chi connectivity index (χ4n) is 3.67. The molecule has 0 aliphatic carbocycles. The summed E-state index contributed by atoms with van der Waals surface area (Å²) in [5.74, 6) is -0.247. The van der Waals surface area contributed by atoms with E-state index in [1.54, 1.807) is 12.4 Å². The average Bonchev–Trinajstić information content (AvgIpc) is 3.24. The van der Waals surface area contributed by atoms with Crippen LogP contribution in [0.3, 0.4) is 0 Å². The van der Waals surface area contributed by atoms with E-state index in [4.69, 9.17) is 4.74 Å². The van der Waals surface area contributed by atoms with Gasteiger partial charge in [-0.05, 0) is 48.0 Å². The monoisotopic (exact) mass is 399 g/mol. The summed E-state index contributed by atoms with van der Waals surface area (Å²) >= 11 is 0. The number of amides is 1. The molecule has 1 amide bonds. The second-order valence-electron chi connectivity index (χ2n) is 7.17. The highest BCUT2D eigenvalue weighted by Crippen LogP contribution is 2.26. The van der Waals surface area contributed by atoms with Crippen LogP contribution >= 0.6 is 0 Å². The first-order valence-corrected chi connectivity index (χ1v) is 9.90. The summed E-state index contributed by atoms with van der Waals surface area (Å²) in [6.07, 6.45) is 3.54. The zero-order valence-electron chi connectivity index (χ0n) is 16.3. The molecule has 30 heavy (non-hydrogen) atoms. The molecule has 0 saturated carbocycles. The van der Waals surface area contributed by atoms with Crippen molar-refractivity contribution in [1.29, 1.82) is 0 Å². The minimum absolute atomic E-state index is 0.247. The molecular formula is C23H21N5O2. The van der Waals surface area contributed by atoms with E-state index in [2.05, 4.69) is 25.4 Å². The van der Waals surface area contributed by atoms with Crippen molar-refractivity contribution in [3.63, 3.8) is 0 Å². The second-order valence-corrected chi connectivity index (χ2v) is 7.17. The molecule has 7 nitrogen and oxygen atoms in total. The Labute approximate surface area is 173 Å². The fraction of sp³-hybridized carbons (Fsp3) is 0.174. The average molecular weight is 399 g/mol. The lowest BCUT2D eigenvalue weighted by Gasteiger charge is -2.28. The van der Waals surface area contributed by atoms with Gasteiger partial charge in [-0.25, -0.2) is 0 Å². The second kappa shape index (κ2) is 7.96. The number of hydrogen-bond donors (Lipinski definition) is 2. The molecule has 2 aromatic carbocycles. The SMILES string of the molecule is O=C(Nc1ccc(N2CCOCC2)cc1)c1n[nH]c2ccc(-c3cccnc3)cc12. The highest BCUT2D eigenvalue weighted by atomic mass is 16.5. The van der Waals surface area contributed by atoms with Gasteiger partial charge in [0.1, 0.15) is 0 Å². The van der Waals surface area contributed by atoms with Gasteiger partial charge in [0.2, 0.25) is 0 Å². The number of fused-ring (bicyclic) bond motifs is 1. The van der Waals surface area contributed by atoms with Crippen LogP contribution in [0.15, 0.2) is 67.0 Å². The lowest BCUT2D eigenvalue weighted by Crippen LogP contribution is -2.36. The molecule has 2 aromatic heterocycles. The van der Waals surface area contributed by atoms with Gasteiger partial charge in [-0.15, -0.1) is 0 Å². The molecule has 0 unspecified atom stereocenters. The van der Waals surface area contributed by atoms with E-state index in [-0.39, 0.29) is 5.91 Å². The summed E-state index contributed by atoms with van der Waals surface area (Å²) in [5, 5.41) is 10.9. The maximum absolute atomic E-state index is 12.9. The summed E-state index contributed by atoms with van der Waals surface area (Å²) in [6.45, 7) is 3.24. The van der Waals surface area contributed by atoms with E-state index < -0.39 is 0 Å². The molecule has 7 heteroatoms. The fourth-order valence-corrected chi connectivity index (χ4v) is 3.67. The van der Waals surface area contributed by atoms with E-state index in [1.165, 1.54) is 0 Å². The molecule has 5 rings (SSSR count). The number of benzene rings is 2. The van der Waals surface area contributed by atoms with Gasteiger partial charge in [-0.1, -0.05) is 12.1 Å². The Balaban J connectivity index is 1.37. The Kier molecular flexibility index (Phi) is 4.86. The van der Waals surface area contributed by atoms with Gasteiger partial charge in [0, 0.05) is 47.8 Å². The zero-order chi connectivity index (χ0) is 20.3. The lowest BCUT2D eigenvalue weighted by molar-refractivity contribution is 0.102. The Morgan fingerprint density at radius 3 is 2.63 bits per heavy atom. The maximum atomic E-state index is 12.9. The number of aromatic nitrogens is 3. The number of hydrogen-bond acceptors (Lipinski definition) is 5. The topological polar surface area (TPSA) is 83.1 Å². The van der Waals surface area contributed by atoms with Crippen LogP contribution in [-0.2, 0) is 4.74 Å². The molecule has 1 aliphatic heterocycles. The van der Waals surface area contributed by atoms with Gasteiger partial charge in [0.25, 0.3) is 5.91 Å². The molecular weight excluding hydrogens is 378 g/mol. The van der Waals surface area contributed by atoms with E-state index in [0.717, 1.165) is 59.7 Å². The molecule has 0 atom stereocenters. The van der Waals surface area contributed by atoms with Crippen LogP contribution in [0, 0.1) is 0 Å². The van der Waals surface area contributed by atoms with Crippen molar-refractivity contribution in [2.75, 3.05) is 36.5 Å². The smallest absolute Gasteiger partial charge is 0.276 e. The molecule has 4 aromatic rings. The zero-order valence-corrected chi connectivity index (χ0v) is 16.3. The molecule has 3 heterocycles. The number of rotatable bonds is 4. The molecule has 1 saturated heterocycles. The first kappa shape index (κ1) is 18.3. The van der Waals surface area contributed by atoms with Crippen LogP contribution in [0.25, 0.3) is 22.0 Å². The molecule has 0 spiro atoms. The van der Waals surface area contributed by atoms with Gasteiger partial charge >= 0.3 is 0 Å². The van der Waals surface area contributed by atoms with Crippen molar-refractivity contribution in [2.24, 2.45) is 0 Å². The van der Waals surface area contributed by atoms with E-state index in [0.29, 0.717) is 5.69 Å². The summed E-state index contributed by atoms with van der Waals surface area (Å²) < 4.78 is 5.40. The number of nitrogens with zero attached hydrogens (tertiary/aromatic N) is 3. The van der Waals surface area contributed by atoms with Crippen molar-refractivity contribution in [3.8, 4) is 11.1 Å². The van der Waals surface area contributed by atoms with Gasteiger partial charge in [-0.2, -0.15) is 5.10 Å². The molecule has 2 N–H and O–H groups in total. The largest absolute Gasteiger partial charge is 0.378 e. The van der Waals surface area contributed by atoms with Crippen LogP contribution < -0.4 is 10.2 Å². The minimum atomic E-state index is -0.247. The third kappa shape index (κ3) is 3.62. The summed E-state index contributed by atoms with van der Waals surface area (Å²) in [7, 11) is 0. The van der Waals surface area contributed by atoms with Crippen LogP contribution in [0.2, 0.25) is 0 Å². The number of aromatic amines is 1. The number of carbonyl (C=O) groups is 1. The van der Waals surface area contributed by atoms with Crippen molar-refractivity contribution in [1.82, 2.24) is 15.2 Å². The summed E-state index contributed by atoms with van der Waals surface area (Å²) in [4.78, 5) is 19.3. The van der Waals surface area contributed by atoms with Crippen molar-refractivity contribution < 1.29 is 9.53 Å². The summed E-state index contributed by atoms with van der Waals surface area (Å²) in [5.41, 5.74) is 5.02. The number of anilines is 2. The van der Waals surface area contributed by atoms with Crippen molar-refractivity contribution in [3.05, 3.63) is 72.7 Å². The molecule has 150 valence electrons. The van der Waals surface area contributed by atoms with Crippen LogP contribution in [0.4, 0.5) is 11.4 Å². The first-order chi connectivity index (χ1) is 14.8. The van der Waals surface area contributed by atoms with Crippen molar-refractivity contribution >= 4 is 28.2 Å². The van der Waals surface area contributed by atoms with E-state index >= 15 is 0 Å². The van der Waals surface area contributed by atoms with Crippen LogP contribution in [-0.4, -0.2) is 47.4 Å². The number of nitrogens with one attached hydrogen (secondary N) is 2. The Morgan fingerprint density at radius 2 is 1.87 bits per heavy atom. The minimum Gasteiger partial charge on any atom is -0.378 e. The standard InChI is InChI=1S/C23H21N5O2/c29-23(25-18-4-6-19(7-5-18)28-10-12-30-13-11-28)22-20-14-16(3-8-21(20)26-27-22)17-2-1-9-24-15-17/h1-9,14-15H,10-13H2,(H,25,29)(H,26,27).